The van der Waals surface area contributed by atoms with E-state index in [1.807, 2.05) is 78.9 Å². The number of hydrogen-bond acceptors (Lipinski definition) is 4. The summed E-state index contributed by atoms with van der Waals surface area (Å²) in [7, 11) is 1.61. The third-order valence-electron chi connectivity index (χ3n) is 6.50. The van der Waals surface area contributed by atoms with Crippen molar-refractivity contribution in [2.24, 2.45) is 0 Å². The van der Waals surface area contributed by atoms with E-state index in [0.29, 0.717) is 30.4 Å². The van der Waals surface area contributed by atoms with E-state index in [-0.39, 0.29) is 25.0 Å². The van der Waals surface area contributed by atoms with E-state index in [0.717, 1.165) is 24.0 Å². The van der Waals surface area contributed by atoms with Crippen LogP contribution in [0.25, 0.3) is 0 Å². The van der Waals surface area contributed by atoms with Gasteiger partial charge in [0.1, 0.15) is 17.5 Å². The van der Waals surface area contributed by atoms with Gasteiger partial charge in [0.05, 0.1) is 7.11 Å². The Bertz CT molecular complexity index is 1150. The molecule has 6 heteroatoms. The average molecular weight is 517 g/mol. The minimum Gasteiger partial charge on any atom is -0.497 e. The van der Waals surface area contributed by atoms with Crippen molar-refractivity contribution in [3.05, 3.63) is 95.6 Å². The zero-order chi connectivity index (χ0) is 27.3. The molecule has 3 aromatic carbocycles. The number of benzene rings is 3. The molecule has 0 saturated carbocycles. The third-order valence-corrected chi connectivity index (χ3v) is 6.50. The monoisotopic (exact) mass is 516 g/mol. The average Bonchev–Trinajstić information content (AvgIpc) is 2.94. The summed E-state index contributed by atoms with van der Waals surface area (Å²) in [5.74, 6) is 1.31. The van der Waals surface area contributed by atoms with Crippen LogP contribution >= 0.6 is 0 Å². The Morgan fingerprint density at radius 2 is 1.61 bits per heavy atom. The second kappa shape index (κ2) is 14.8. The summed E-state index contributed by atoms with van der Waals surface area (Å²) in [6.45, 7) is 7.00. The Hall–Kier alpha value is -3.80. The largest absolute Gasteiger partial charge is 0.497 e. The predicted molar refractivity (Wildman–Crippen MR) is 151 cm³/mol. The second-order valence-electron chi connectivity index (χ2n) is 9.74. The summed E-state index contributed by atoms with van der Waals surface area (Å²) in [6.07, 6.45) is 2.25. The van der Waals surface area contributed by atoms with Gasteiger partial charge >= 0.3 is 0 Å². The molecule has 0 aliphatic carbocycles. The van der Waals surface area contributed by atoms with Crippen molar-refractivity contribution in [2.45, 2.75) is 58.5 Å². The van der Waals surface area contributed by atoms with E-state index in [9.17, 15) is 9.59 Å². The van der Waals surface area contributed by atoms with Crippen molar-refractivity contribution in [3.8, 4) is 11.5 Å². The fourth-order valence-corrected chi connectivity index (χ4v) is 4.20. The molecule has 6 nitrogen and oxygen atoms in total. The van der Waals surface area contributed by atoms with Crippen molar-refractivity contribution in [1.82, 2.24) is 10.2 Å². The first-order valence-corrected chi connectivity index (χ1v) is 13.4. The van der Waals surface area contributed by atoms with Gasteiger partial charge in [-0.1, -0.05) is 81.8 Å². The SMILES string of the molecule is CCCCNC(=O)[C@H](Cc1ccccc1)N(Cc1cccc(OC)c1)C(=O)COc1ccc(C(C)C)cc1. The number of unbranched alkanes of at least 4 members (excludes halogenated alkanes) is 1. The summed E-state index contributed by atoms with van der Waals surface area (Å²) in [5, 5.41) is 3.04. The maximum absolute atomic E-state index is 13.7. The van der Waals surface area contributed by atoms with Crippen LogP contribution in [0.2, 0.25) is 0 Å². The standard InChI is InChI=1S/C32H40N2O4/c1-5-6-19-33-32(36)30(21-25-11-8-7-9-12-25)34(22-26-13-10-14-29(20-26)37-4)31(35)23-38-28-17-15-27(16-18-28)24(2)3/h7-18,20,24,30H,5-6,19,21-23H2,1-4H3,(H,33,36)/t30-/m0/s1. The van der Waals surface area contributed by atoms with Crippen LogP contribution in [0.15, 0.2) is 78.9 Å². The summed E-state index contributed by atoms with van der Waals surface area (Å²) in [4.78, 5) is 28.8. The molecule has 0 radical (unpaired) electrons. The fourth-order valence-electron chi connectivity index (χ4n) is 4.20. The molecule has 0 aliphatic rings. The molecule has 0 saturated heterocycles. The molecule has 3 rings (SSSR count). The minimum atomic E-state index is -0.695. The first-order chi connectivity index (χ1) is 18.4. The van der Waals surface area contributed by atoms with E-state index in [4.69, 9.17) is 9.47 Å². The van der Waals surface area contributed by atoms with E-state index < -0.39 is 6.04 Å². The molecule has 0 aliphatic heterocycles. The second-order valence-corrected chi connectivity index (χ2v) is 9.74. The van der Waals surface area contributed by atoms with Gasteiger partial charge in [0.15, 0.2) is 6.61 Å². The molecule has 0 bridgehead atoms. The Morgan fingerprint density at radius 1 is 0.895 bits per heavy atom. The van der Waals surface area contributed by atoms with Crippen LogP contribution in [0.1, 0.15) is 56.2 Å². The number of methoxy groups -OCH3 is 1. The fraction of sp³-hybridized carbons (Fsp3) is 0.375. The molecule has 2 amide bonds. The van der Waals surface area contributed by atoms with Gasteiger partial charge in [-0.05, 0) is 53.3 Å². The zero-order valence-corrected chi connectivity index (χ0v) is 23.0. The van der Waals surface area contributed by atoms with Crippen LogP contribution in [0.3, 0.4) is 0 Å². The molecular weight excluding hydrogens is 476 g/mol. The smallest absolute Gasteiger partial charge is 0.261 e. The first-order valence-electron chi connectivity index (χ1n) is 13.4. The molecular formula is C32H40N2O4. The minimum absolute atomic E-state index is 0.167. The molecule has 202 valence electrons. The lowest BCUT2D eigenvalue weighted by Gasteiger charge is -2.31. The number of carbonyl (C=O) groups is 2. The number of ether oxygens (including phenoxy) is 2. The van der Waals surface area contributed by atoms with E-state index >= 15 is 0 Å². The van der Waals surface area contributed by atoms with Crippen molar-refractivity contribution >= 4 is 11.8 Å². The lowest BCUT2D eigenvalue weighted by atomic mass is 10.0. The maximum Gasteiger partial charge on any atom is 0.261 e. The van der Waals surface area contributed by atoms with Crippen LogP contribution < -0.4 is 14.8 Å². The quantitative estimate of drug-likeness (QED) is 0.277. The summed E-state index contributed by atoms with van der Waals surface area (Å²) >= 11 is 0. The molecule has 0 fully saturated rings. The lowest BCUT2D eigenvalue weighted by Crippen LogP contribution is -2.51. The number of nitrogens with zero attached hydrogens (tertiary/aromatic N) is 1. The van der Waals surface area contributed by atoms with Crippen molar-refractivity contribution < 1.29 is 19.1 Å². The van der Waals surface area contributed by atoms with E-state index in [1.54, 1.807) is 12.0 Å². The van der Waals surface area contributed by atoms with E-state index in [2.05, 4.69) is 26.1 Å². The topological polar surface area (TPSA) is 67.9 Å². The molecule has 3 aromatic rings. The molecule has 1 N–H and O–H groups in total. The normalized spacial score (nSPS) is 11.6. The maximum atomic E-state index is 13.7. The highest BCUT2D eigenvalue weighted by atomic mass is 16.5. The Morgan fingerprint density at radius 3 is 2.26 bits per heavy atom. The highest BCUT2D eigenvalue weighted by molar-refractivity contribution is 5.88. The molecule has 1 atom stereocenters. The zero-order valence-electron chi connectivity index (χ0n) is 23.0. The Labute approximate surface area is 227 Å². The Kier molecular flexibility index (Phi) is 11.2. The number of amides is 2. The van der Waals surface area contributed by atoms with Crippen LogP contribution in [0, 0.1) is 0 Å². The van der Waals surface area contributed by atoms with Crippen LogP contribution in [-0.4, -0.2) is 43.0 Å². The van der Waals surface area contributed by atoms with Gasteiger partial charge in [0, 0.05) is 19.5 Å². The summed E-state index contributed by atoms with van der Waals surface area (Å²) in [6, 6.07) is 24.5. The van der Waals surface area contributed by atoms with Crippen LogP contribution in [0.5, 0.6) is 11.5 Å². The lowest BCUT2D eigenvalue weighted by molar-refractivity contribution is -0.142. The van der Waals surface area contributed by atoms with Crippen molar-refractivity contribution in [2.75, 3.05) is 20.3 Å². The summed E-state index contributed by atoms with van der Waals surface area (Å²) in [5.41, 5.74) is 3.06. The van der Waals surface area contributed by atoms with Crippen LogP contribution in [0.4, 0.5) is 0 Å². The van der Waals surface area contributed by atoms with Crippen molar-refractivity contribution in [1.29, 1.82) is 0 Å². The highest BCUT2D eigenvalue weighted by Crippen LogP contribution is 2.21. The number of carbonyl (C=O) groups excluding carboxylic acids is 2. The van der Waals surface area contributed by atoms with Crippen LogP contribution in [-0.2, 0) is 22.6 Å². The molecule has 38 heavy (non-hydrogen) atoms. The van der Waals surface area contributed by atoms with Gasteiger partial charge in [-0.25, -0.2) is 0 Å². The number of rotatable bonds is 14. The molecule has 0 aromatic heterocycles. The van der Waals surface area contributed by atoms with Gasteiger partial charge < -0.3 is 19.7 Å². The van der Waals surface area contributed by atoms with Gasteiger partial charge in [0.25, 0.3) is 5.91 Å². The summed E-state index contributed by atoms with van der Waals surface area (Å²) < 4.78 is 11.3. The highest BCUT2D eigenvalue weighted by Gasteiger charge is 2.30. The van der Waals surface area contributed by atoms with E-state index in [1.165, 1.54) is 5.56 Å². The molecule has 0 unspecified atom stereocenters. The van der Waals surface area contributed by atoms with Gasteiger partial charge in [0.2, 0.25) is 5.91 Å². The van der Waals surface area contributed by atoms with Gasteiger partial charge in [-0.2, -0.15) is 0 Å². The molecule has 0 heterocycles. The predicted octanol–water partition coefficient (Wildman–Crippen LogP) is 5.75. The Balaban J connectivity index is 1.88. The van der Waals surface area contributed by atoms with Gasteiger partial charge in [-0.15, -0.1) is 0 Å². The first kappa shape index (κ1) is 28.8. The number of nitrogens with one attached hydrogen (secondary N) is 1. The van der Waals surface area contributed by atoms with Crippen molar-refractivity contribution in [3.63, 3.8) is 0 Å². The van der Waals surface area contributed by atoms with Gasteiger partial charge in [-0.3, -0.25) is 9.59 Å². The number of hydrogen-bond donors (Lipinski definition) is 1. The molecule has 0 spiro atoms. The third kappa shape index (κ3) is 8.65.